The molecule has 0 fully saturated rings. The van der Waals surface area contributed by atoms with Crippen LogP contribution in [-0.4, -0.2) is 28.6 Å². The van der Waals surface area contributed by atoms with Crippen molar-refractivity contribution in [2.45, 2.75) is 27.7 Å². The van der Waals surface area contributed by atoms with Crippen LogP contribution in [0.3, 0.4) is 0 Å². The van der Waals surface area contributed by atoms with Crippen molar-refractivity contribution in [2.24, 2.45) is 0 Å². The van der Waals surface area contributed by atoms with E-state index in [1.807, 2.05) is 45.0 Å². The molecule has 1 heterocycles. The van der Waals surface area contributed by atoms with E-state index in [9.17, 15) is 14.7 Å². The van der Waals surface area contributed by atoms with Crippen LogP contribution in [0.25, 0.3) is 0 Å². The summed E-state index contributed by atoms with van der Waals surface area (Å²) in [4.78, 5) is 26.8. The van der Waals surface area contributed by atoms with Gasteiger partial charge in [-0.15, -0.1) is 0 Å². The van der Waals surface area contributed by atoms with E-state index in [1.165, 1.54) is 12.3 Å². The summed E-state index contributed by atoms with van der Waals surface area (Å²) in [6, 6.07) is 8.62. The molecule has 0 aliphatic carbocycles. The van der Waals surface area contributed by atoms with Crippen molar-refractivity contribution >= 4 is 29.2 Å². The minimum Gasteiger partial charge on any atom is -0.478 e. The maximum absolute atomic E-state index is 11.5. The summed E-state index contributed by atoms with van der Waals surface area (Å²) in [5.41, 5.74) is 2.17. The molecule has 0 atom stereocenters. The molecule has 7 nitrogen and oxygen atoms in total. The maximum atomic E-state index is 11.5. The van der Waals surface area contributed by atoms with Crippen LogP contribution in [0, 0.1) is 6.92 Å². The highest BCUT2D eigenvalue weighted by Gasteiger charge is 2.13. The number of hydrogen-bond donors (Lipinski definition) is 4. The third-order valence-corrected chi connectivity index (χ3v) is 3.01. The van der Waals surface area contributed by atoms with Crippen molar-refractivity contribution in [1.82, 2.24) is 10.3 Å². The number of carbonyl (C=O) groups excluding carboxylic acids is 1. The summed E-state index contributed by atoms with van der Waals surface area (Å²) in [6.45, 7) is 8.22. The van der Waals surface area contributed by atoms with Gasteiger partial charge in [-0.2, -0.15) is 0 Å². The number of aryl methyl sites for hydroxylation is 1. The minimum atomic E-state index is -1.10. The zero-order valence-corrected chi connectivity index (χ0v) is 14.9. The van der Waals surface area contributed by atoms with E-state index in [4.69, 9.17) is 0 Å². The van der Waals surface area contributed by atoms with Gasteiger partial charge in [-0.25, -0.2) is 14.6 Å². The molecule has 2 amide bonds. The SMILES string of the molecule is CC.CCNC(=O)Nc1cc(Nc2cccc(C)c2)c(C(=O)O)cn1. The van der Waals surface area contributed by atoms with Crippen molar-refractivity contribution in [3.63, 3.8) is 0 Å². The Labute approximate surface area is 147 Å². The van der Waals surface area contributed by atoms with E-state index in [0.717, 1.165) is 11.3 Å². The Bertz CT molecular complexity index is 732. The molecule has 2 rings (SSSR count). The van der Waals surface area contributed by atoms with Gasteiger partial charge in [-0.3, -0.25) is 5.32 Å². The molecular weight excluding hydrogens is 320 g/mol. The first-order valence-electron chi connectivity index (χ1n) is 8.11. The molecule has 1 aromatic carbocycles. The van der Waals surface area contributed by atoms with Crippen LogP contribution < -0.4 is 16.0 Å². The lowest BCUT2D eigenvalue weighted by Crippen LogP contribution is -2.28. The first-order chi connectivity index (χ1) is 12.0. The van der Waals surface area contributed by atoms with Gasteiger partial charge in [0, 0.05) is 24.5 Å². The Balaban J connectivity index is 0.00000151. The van der Waals surface area contributed by atoms with E-state index in [1.54, 1.807) is 6.92 Å². The lowest BCUT2D eigenvalue weighted by molar-refractivity contribution is 0.0697. The molecule has 0 radical (unpaired) electrons. The second-order valence-electron chi connectivity index (χ2n) is 4.90. The third-order valence-electron chi connectivity index (χ3n) is 3.01. The lowest BCUT2D eigenvalue weighted by Gasteiger charge is -2.12. The number of carboxylic acid groups (broad SMARTS) is 1. The number of pyridine rings is 1. The second-order valence-corrected chi connectivity index (χ2v) is 4.90. The molecule has 0 spiro atoms. The van der Waals surface area contributed by atoms with Crippen LogP contribution in [0.2, 0.25) is 0 Å². The largest absolute Gasteiger partial charge is 0.478 e. The van der Waals surface area contributed by atoms with Gasteiger partial charge in [0.15, 0.2) is 0 Å². The van der Waals surface area contributed by atoms with E-state index >= 15 is 0 Å². The number of aromatic nitrogens is 1. The lowest BCUT2D eigenvalue weighted by atomic mass is 10.2. The molecule has 0 bridgehead atoms. The topological polar surface area (TPSA) is 103 Å². The van der Waals surface area contributed by atoms with Gasteiger partial charge in [0.25, 0.3) is 0 Å². The summed E-state index contributed by atoms with van der Waals surface area (Å²) in [6.07, 6.45) is 1.21. The molecule has 0 saturated heterocycles. The Kier molecular flexibility index (Phi) is 7.92. The Morgan fingerprint density at radius 2 is 1.92 bits per heavy atom. The van der Waals surface area contributed by atoms with Crippen molar-refractivity contribution in [3.05, 3.63) is 47.7 Å². The summed E-state index contributed by atoms with van der Waals surface area (Å²) in [5.74, 6) is -0.840. The van der Waals surface area contributed by atoms with Gasteiger partial charge in [-0.1, -0.05) is 26.0 Å². The summed E-state index contributed by atoms with van der Waals surface area (Å²) >= 11 is 0. The molecule has 0 aliphatic heterocycles. The highest BCUT2D eigenvalue weighted by atomic mass is 16.4. The van der Waals surface area contributed by atoms with E-state index in [-0.39, 0.29) is 11.4 Å². The van der Waals surface area contributed by atoms with Crippen LogP contribution in [-0.2, 0) is 0 Å². The van der Waals surface area contributed by atoms with Crippen LogP contribution in [0.4, 0.5) is 22.0 Å². The smallest absolute Gasteiger partial charge is 0.339 e. The van der Waals surface area contributed by atoms with Gasteiger partial charge in [-0.05, 0) is 31.5 Å². The summed E-state index contributed by atoms with van der Waals surface area (Å²) in [5, 5.41) is 17.5. The zero-order chi connectivity index (χ0) is 18.8. The number of nitrogens with one attached hydrogen (secondary N) is 3. The number of anilines is 3. The quantitative estimate of drug-likeness (QED) is 0.656. The second kappa shape index (κ2) is 9.92. The van der Waals surface area contributed by atoms with Gasteiger partial charge >= 0.3 is 12.0 Å². The van der Waals surface area contributed by atoms with E-state index in [2.05, 4.69) is 20.9 Å². The fourth-order valence-electron chi connectivity index (χ4n) is 2.00. The number of urea groups is 1. The Morgan fingerprint density at radius 3 is 2.52 bits per heavy atom. The van der Waals surface area contributed by atoms with Gasteiger partial charge < -0.3 is 15.7 Å². The van der Waals surface area contributed by atoms with E-state index < -0.39 is 12.0 Å². The molecule has 1 aromatic heterocycles. The van der Waals surface area contributed by atoms with Crippen molar-refractivity contribution in [3.8, 4) is 0 Å². The van der Waals surface area contributed by atoms with E-state index in [0.29, 0.717) is 12.2 Å². The number of benzene rings is 1. The first-order valence-corrected chi connectivity index (χ1v) is 8.11. The Morgan fingerprint density at radius 1 is 1.20 bits per heavy atom. The summed E-state index contributed by atoms with van der Waals surface area (Å²) < 4.78 is 0. The maximum Gasteiger partial charge on any atom is 0.339 e. The van der Waals surface area contributed by atoms with Crippen LogP contribution >= 0.6 is 0 Å². The van der Waals surface area contributed by atoms with Crippen molar-refractivity contribution in [2.75, 3.05) is 17.2 Å². The molecule has 0 saturated carbocycles. The molecule has 7 heteroatoms. The molecule has 2 aromatic rings. The van der Waals surface area contributed by atoms with Crippen LogP contribution in [0.1, 0.15) is 36.7 Å². The monoisotopic (exact) mass is 344 g/mol. The van der Waals surface area contributed by atoms with Crippen LogP contribution in [0.15, 0.2) is 36.5 Å². The number of carbonyl (C=O) groups is 2. The summed E-state index contributed by atoms with van der Waals surface area (Å²) in [7, 11) is 0. The van der Waals surface area contributed by atoms with Gasteiger partial charge in [0.05, 0.1) is 5.69 Å². The highest BCUT2D eigenvalue weighted by molar-refractivity contribution is 5.96. The Hall–Kier alpha value is -3.09. The first kappa shape index (κ1) is 20.0. The minimum absolute atomic E-state index is 0.0213. The predicted molar refractivity (Wildman–Crippen MR) is 99.7 cm³/mol. The molecular formula is C18H24N4O3. The zero-order valence-electron chi connectivity index (χ0n) is 14.9. The van der Waals surface area contributed by atoms with Gasteiger partial charge in [0.1, 0.15) is 11.4 Å². The molecule has 25 heavy (non-hydrogen) atoms. The number of aromatic carboxylic acids is 1. The number of carboxylic acids is 1. The number of nitrogens with zero attached hydrogens (tertiary/aromatic N) is 1. The molecule has 0 aliphatic rings. The average Bonchev–Trinajstić information content (AvgIpc) is 2.57. The number of rotatable bonds is 5. The fraction of sp³-hybridized carbons (Fsp3) is 0.278. The standard InChI is InChI=1S/C16H18N4O3.C2H6/c1-3-17-16(23)20-14-8-13(12(9-18-14)15(21)22)19-11-6-4-5-10(2)7-11;1-2/h4-9H,3H2,1-2H3,(H,21,22)(H3,17,18,19,20,23);1-2H3. The average molecular weight is 344 g/mol. The van der Waals surface area contributed by atoms with Gasteiger partial charge in [0.2, 0.25) is 0 Å². The molecule has 134 valence electrons. The fourth-order valence-corrected chi connectivity index (χ4v) is 2.00. The molecule has 0 unspecified atom stereocenters. The molecule has 4 N–H and O–H groups in total. The number of amides is 2. The van der Waals surface area contributed by atoms with Crippen LogP contribution in [0.5, 0.6) is 0 Å². The third kappa shape index (κ3) is 6.14. The normalized spacial score (nSPS) is 9.44. The van der Waals surface area contributed by atoms with Crippen molar-refractivity contribution < 1.29 is 14.7 Å². The highest BCUT2D eigenvalue weighted by Crippen LogP contribution is 2.23. The predicted octanol–water partition coefficient (Wildman–Crippen LogP) is 4.00. The van der Waals surface area contributed by atoms with Crippen molar-refractivity contribution in [1.29, 1.82) is 0 Å². The number of hydrogen-bond acceptors (Lipinski definition) is 4.